The van der Waals surface area contributed by atoms with Crippen LogP contribution in [0.3, 0.4) is 0 Å². The van der Waals surface area contributed by atoms with Gasteiger partial charge in [-0.05, 0) is 57.7 Å². The SMILES string of the molecule is Cc1ccc2nc(C)cc(C(=O)NC3CCCN(C(=O)C4CC4)C3)c2c1. The van der Waals surface area contributed by atoms with Crippen LogP contribution in [0.4, 0.5) is 0 Å². The van der Waals surface area contributed by atoms with Crippen LogP contribution in [0.2, 0.25) is 0 Å². The third-order valence-electron chi connectivity index (χ3n) is 5.33. The molecule has 1 aromatic carbocycles. The van der Waals surface area contributed by atoms with Crippen LogP contribution >= 0.6 is 0 Å². The molecule has 26 heavy (non-hydrogen) atoms. The molecule has 2 fully saturated rings. The number of carbonyl (C=O) groups excluding carboxylic acids is 2. The Morgan fingerprint density at radius 2 is 1.96 bits per heavy atom. The maximum atomic E-state index is 13.0. The maximum absolute atomic E-state index is 13.0. The van der Waals surface area contributed by atoms with Crippen molar-refractivity contribution in [3.63, 3.8) is 0 Å². The van der Waals surface area contributed by atoms with E-state index in [1.165, 1.54) is 0 Å². The topological polar surface area (TPSA) is 62.3 Å². The second-order valence-electron chi connectivity index (χ2n) is 7.70. The van der Waals surface area contributed by atoms with Gasteiger partial charge in [0.25, 0.3) is 5.91 Å². The summed E-state index contributed by atoms with van der Waals surface area (Å²) >= 11 is 0. The molecule has 1 saturated carbocycles. The largest absolute Gasteiger partial charge is 0.348 e. The smallest absolute Gasteiger partial charge is 0.252 e. The summed E-state index contributed by atoms with van der Waals surface area (Å²) in [6, 6.07) is 7.87. The Bertz CT molecular complexity index is 873. The zero-order valence-corrected chi connectivity index (χ0v) is 15.4. The van der Waals surface area contributed by atoms with Crippen LogP contribution in [-0.4, -0.2) is 40.8 Å². The van der Waals surface area contributed by atoms with Crippen LogP contribution in [0.1, 0.15) is 47.3 Å². The zero-order valence-electron chi connectivity index (χ0n) is 15.4. The van der Waals surface area contributed by atoms with Gasteiger partial charge in [-0.15, -0.1) is 0 Å². The maximum Gasteiger partial charge on any atom is 0.252 e. The molecule has 1 saturated heterocycles. The number of hydrogen-bond acceptors (Lipinski definition) is 3. The number of likely N-dealkylation sites (tertiary alicyclic amines) is 1. The van der Waals surface area contributed by atoms with Crippen LogP contribution < -0.4 is 5.32 Å². The fourth-order valence-electron chi connectivity index (χ4n) is 3.81. The highest BCUT2D eigenvalue weighted by atomic mass is 16.2. The van der Waals surface area contributed by atoms with Crippen molar-refractivity contribution in [2.45, 2.75) is 45.6 Å². The van der Waals surface area contributed by atoms with Gasteiger partial charge < -0.3 is 10.2 Å². The lowest BCUT2D eigenvalue weighted by Gasteiger charge is -2.33. The van der Waals surface area contributed by atoms with Crippen molar-refractivity contribution in [2.24, 2.45) is 5.92 Å². The summed E-state index contributed by atoms with van der Waals surface area (Å²) in [6.07, 6.45) is 3.90. The Balaban J connectivity index is 1.53. The quantitative estimate of drug-likeness (QED) is 0.925. The van der Waals surface area contributed by atoms with E-state index in [9.17, 15) is 9.59 Å². The third kappa shape index (κ3) is 3.43. The number of fused-ring (bicyclic) bond motifs is 1. The van der Waals surface area contributed by atoms with Crippen molar-refractivity contribution in [1.82, 2.24) is 15.2 Å². The fraction of sp³-hybridized carbons (Fsp3) is 0.476. The number of rotatable bonds is 3. The van der Waals surface area contributed by atoms with Crippen molar-refractivity contribution in [2.75, 3.05) is 13.1 Å². The molecule has 1 aromatic heterocycles. The molecule has 1 aliphatic heterocycles. The second kappa shape index (κ2) is 6.71. The highest BCUT2D eigenvalue weighted by Crippen LogP contribution is 2.32. The Labute approximate surface area is 153 Å². The van der Waals surface area contributed by atoms with Gasteiger partial charge in [-0.1, -0.05) is 11.6 Å². The van der Waals surface area contributed by atoms with E-state index in [-0.39, 0.29) is 23.8 Å². The van der Waals surface area contributed by atoms with Gasteiger partial charge >= 0.3 is 0 Å². The van der Waals surface area contributed by atoms with E-state index >= 15 is 0 Å². The summed E-state index contributed by atoms with van der Waals surface area (Å²) in [7, 11) is 0. The molecule has 1 N–H and O–H groups in total. The van der Waals surface area contributed by atoms with Crippen LogP contribution in [0.5, 0.6) is 0 Å². The number of aryl methyl sites for hydroxylation is 2. The number of amides is 2. The predicted molar refractivity (Wildman–Crippen MR) is 101 cm³/mol. The Kier molecular flexibility index (Phi) is 4.39. The Hall–Kier alpha value is -2.43. The Morgan fingerprint density at radius 1 is 1.15 bits per heavy atom. The van der Waals surface area contributed by atoms with Crippen LogP contribution in [0.15, 0.2) is 24.3 Å². The van der Waals surface area contributed by atoms with Crippen LogP contribution in [-0.2, 0) is 4.79 Å². The molecular formula is C21H25N3O2. The summed E-state index contributed by atoms with van der Waals surface area (Å²) in [5, 5.41) is 4.04. The zero-order chi connectivity index (χ0) is 18.3. The first-order chi connectivity index (χ1) is 12.5. The number of pyridine rings is 1. The molecule has 4 rings (SSSR count). The van der Waals surface area contributed by atoms with E-state index in [0.29, 0.717) is 12.1 Å². The van der Waals surface area contributed by atoms with Gasteiger partial charge in [0.2, 0.25) is 5.91 Å². The van der Waals surface area contributed by atoms with Crippen molar-refractivity contribution in [1.29, 1.82) is 0 Å². The molecule has 0 radical (unpaired) electrons. The molecular weight excluding hydrogens is 326 g/mol. The molecule has 1 unspecified atom stereocenters. The first-order valence-corrected chi connectivity index (χ1v) is 9.49. The molecule has 0 spiro atoms. The number of piperidine rings is 1. The number of nitrogens with zero attached hydrogens (tertiary/aromatic N) is 2. The number of aromatic nitrogens is 1. The van der Waals surface area contributed by atoms with Gasteiger partial charge in [0, 0.05) is 36.1 Å². The van der Waals surface area contributed by atoms with Crippen molar-refractivity contribution in [3.8, 4) is 0 Å². The molecule has 2 aromatic rings. The first kappa shape index (κ1) is 17.0. The summed E-state index contributed by atoms with van der Waals surface area (Å²) in [6.45, 7) is 5.37. The molecule has 5 nitrogen and oxygen atoms in total. The van der Waals surface area contributed by atoms with Gasteiger partial charge in [0.1, 0.15) is 0 Å². The summed E-state index contributed by atoms with van der Waals surface area (Å²) in [5.41, 5.74) is 3.45. The number of hydrogen-bond donors (Lipinski definition) is 1. The Morgan fingerprint density at radius 3 is 2.73 bits per heavy atom. The van der Waals surface area contributed by atoms with Gasteiger partial charge in [-0.2, -0.15) is 0 Å². The van der Waals surface area contributed by atoms with E-state index in [1.54, 1.807) is 0 Å². The fourth-order valence-corrected chi connectivity index (χ4v) is 3.81. The van der Waals surface area contributed by atoms with E-state index in [2.05, 4.69) is 10.3 Å². The van der Waals surface area contributed by atoms with Gasteiger partial charge in [-0.3, -0.25) is 14.6 Å². The average Bonchev–Trinajstić information content (AvgIpc) is 3.46. The molecule has 0 bridgehead atoms. The summed E-state index contributed by atoms with van der Waals surface area (Å²) < 4.78 is 0. The minimum absolute atomic E-state index is 0.0206. The molecule has 136 valence electrons. The molecule has 2 amide bonds. The van der Waals surface area contributed by atoms with Gasteiger partial charge in [-0.25, -0.2) is 0 Å². The minimum atomic E-state index is -0.0724. The molecule has 1 atom stereocenters. The first-order valence-electron chi connectivity index (χ1n) is 9.49. The lowest BCUT2D eigenvalue weighted by molar-refractivity contribution is -0.133. The van der Waals surface area contributed by atoms with Crippen LogP contribution in [0.25, 0.3) is 10.9 Å². The average molecular weight is 351 g/mol. The van der Waals surface area contributed by atoms with Crippen molar-refractivity contribution >= 4 is 22.7 Å². The molecule has 5 heteroatoms. The highest BCUT2D eigenvalue weighted by Gasteiger charge is 2.35. The second-order valence-corrected chi connectivity index (χ2v) is 7.70. The summed E-state index contributed by atoms with van der Waals surface area (Å²) in [4.78, 5) is 31.8. The van der Waals surface area contributed by atoms with Crippen molar-refractivity contribution < 1.29 is 9.59 Å². The normalized spacial score (nSPS) is 20.2. The summed E-state index contributed by atoms with van der Waals surface area (Å²) in [5.74, 6) is 0.431. The molecule has 1 aliphatic carbocycles. The highest BCUT2D eigenvalue weighted by molar-refractivity contribution is 6.06. The van der Waals surface area contributed by atoms with E-state index in [4.69, 9.17) is 0 Å². The molecule has 2 heterocycles. The number of carbonyl (C=O) groups is 2. The van der Waals surface area contributed by atoms with E-state index < -0.39 is 0 Å². The van der Waals surface area contributed by atoms with Crippen molar-refractivity contribution in [3.05, 3.63) is 41.1 Å². The standard InChI is InChI=1S/C21H25N3O2/c1-13-5-8-19-17(10-13)18(11-14(2)22-19)20(25)23-16-4-3-9-24(12-16)21(26)15-6-7-15/h5,8,10-11,15-16H,3-4,6-7,9,12H2,1-2H3,(H,23,25). The predicted octanol–water partition coefficient (Wildman–Crippen LogP) is 2.98. The lowest BCUT2D eigenvalue weighted by atomic mass is 10.0. The molecule has 2 aliphatic rings. The lowest BCUT2D eigenvalue weighted by Crippen LogP contribution is -2.50. The monoisotopic (exact) mass is 351 g/mol. The number of nitrogens with one attached hydrogen (secondary N) is 1. The van der Waals surface area contributed by atoms with Crippen LogP contribution in [0, 0.1) is 19.8 Å². The van der Waals surface area contributed by atoms with Gasteiger partial charge in [0.15, 0.2) is 0 Å². The number of benzene rings is 1. The minimum Gasteiger partial charge on any atom is -0.348 e. The van der Waals surface area contributed by atoms with E-state index in [1.807, 2.05) is 43.0 Å². The van der Waals surface area contributed by atoms with E-state index in [0.717, 1.165) is 54.4 Å². The van der Waals surface area contributed by atoms with Gasteiger partial charge in [0.05, 0.1) is 11.1 Å². The third-order valence-corrected chi connectivity index (χ3v) is 5.33.